The summed E-state index contributed by atoms with van der Waals surface area (Å²) >= 11 is 0. The van der Waals surface area contributed by atoms with Gasteiger partial charge in [-0.15, -0.1) is 0 Å². The van der Waals surface area contributed by atoms with Crippen molar-refractivity contribution in [2.24, 2.45) is 0 Å². The van der Waals surface area contributed by atoms with Gasteiger partial charge in [0, 0.05) is 18.7 Å². The second-order valence-electron chi connectivity index (χ2n) is 4.28. The molecular formula is C14H8F2N4. The molecule has 3 aromatic rings. The summed E-state index contributed by atoms with van der Waals surface area (Å²) < 4.78 is 27.5. The molecule has 1 aromatic carbocycles. The molecule has 0 amide bonds. The van der Waals surface area contributed by atoms with Crippen LogP contribution in [-0.2, 0) is 6.42 Å². The third-order valence-corrected chi connectivity index (χ3v) is 2.90. The maximum absolute atomic E-state index is 13.2. The Balaban J connectivity index is 2.09. The molecule has 0 saturated heterocycles. The first-order chi connectivity index (χ1) is 9.67. The summed E-state index contributed by atoms with van der Waals surface area (Å²) in [7, 11) is 0. The van der Waals surface area contributed by atoms with Crippen molar-refractivity contribution in [1.29, 1.82) is 5.26 Å². The molecule has 0 N–H and O–H groups in total. The normalized spacial score (nSPS) is 10.7. The summed E-state index contributed by atoms with van der Waals surface area (Å²) in [6.45, 7) is 0. The average Bonchev–Trinajstić information content (AvgIpc) is 2.76. The lowest BCUT2D eigenvalue weighted by molar-refractivity contribution is 0.580. The van der Waals surface area contributed by atoms with E-state index in [9.17, 15) is 8.78 Å². The topological polar surface area (TPSA) is 54.5 Å². The van der Waals surface area contributed by atoms with Crippen LogP contribution in [0.5, 0.6) is 0 Å². The SMILES string of the molecule is N#Cn1nc(Cc2cc(F)cc(F)c2)c2ncccc21. The molecule has 6 heteroatoms. The Morgan fingerprint density at radius 3 is 2.65 bits per heavy atom. The molecule has 4 nitrogen and oxygen atoms in total. The summed E-state index contributed by atoms with van der Waals surface area (Å²) in [6.07, 6.45) is 3.71. The van der Waals surface area contributed by atoms with Gasteiger partial charge in [-0.2, -0.15) is 15.0 Å². The lowest BCUT2D eigenvalue weighted by Gasteiger charge is -1.99. The van der Waals surface area contributed by atoms with E-state index in [2.05, 4.69) is 10.1 Å². The number of pyridine rings is 1. The summed E-state index contributed by atoms with van der Waals surface area (Å²) in [5.74, 6) is -1.28. The summed E-state index contributed by atoms with van der Waals surface area (Å²) in [4.78, 5) is 4.17. The monoisotopic (exact) mass is 270 g/mol. The first-order valence-electron chi connectivity index (χ1n) is 5.85. The summed E-state index contributed by atoms with van der Waals surface area (Å²) in [6, 6.07) is 6.71. The first-order valence-corrected chi connectivity index (χ1v) is 5.85. The van der Waals surface area contributed by atoms with Gasteiger partial charge in [0.1, 0.15) is 22.7 Å². The number of hydrogen-bond acceptors (Lipinski definition) is 3. The molecule has 0 atom stereocenters. The predicted molar refractivity (Wildman–Crippen MR) is 67.7 cm³/mol. The molecule has 3 rings (SSSR count). The van der Waals surface area contributed by atoms with Crippen molar-refractivity contribution in [3.63, 3.8) is 0 Å². The van der Waals surface area contributed by atoms with Gasteiger partial charge in [-0.05, 0) is 29.8 Å². The molecular weight excluding hydrogens is 262 g/mol. The fraction of sp³-hybridized carbons (Fsp3) is 0.0714. The van der Waals surface area contributed by atoms with Crippen molar-refractivity contribution in [1.82, 2.24) is 14.8 Å². The standard InChI is InChI=1S/C14H8F2N4/c15-10-4-9(5-11(16)7-10)6-12-14-13(2-1-3-18-14)20(8-17)19-12/h1-5,7H,6H2. The van der Waals surface area contributed by atoms with E-state index in [0.717, 1.165) is 10.7 Å². The molecule has 0 radical (unpaired) electrons. The summed E-state index contributed by atoms with van der Waals surface area (Å²) in [5, 5.41) is 13.1. The molecule has 2 heterocycles. The van der Waals surface area contributed by atoms with E-state index in [1.54, 1.807) is 18.3 Å². The van der Waals surface area contributed by atoms with Crippen LogP contribution >= 0.6 is 0 Å². The third-order valence-electron chi connectivity index (χ3n) is 2.90. The van der Waals surface area contributed by atoms with Gasteiger partial charge < -0.3 is 0 Å². The molecule has 98 valence electrons. The van der Waals surface area contributed by atoms with Crippen molar-refractivity contribution >= 4 is 11.0 Å². The van der Waals surface area contributed by atoms with Crippen LogP contribution < -0.4 is 0 Å². The molecule has 0 unspecified atom stereocenters. The highest BCUT2D eigenvalue weighted by molar-refractivity contribution is 5.78. The number of aromatic nitrogens is 3. The van der Waals surface area contributed by atoms with Crippen LogP contribution in [0, 0.1) is 23.1 Å². The van der Waals surface area contributed by atoms with Crippen molar-refractivity contribution in [2.75, 3.05) is 0 Å². The second kappa shape index (κ2) is 4.70. The summed E-state index contributed by atoms with van der Waals surface area (Å²) in [5.41, 5.74) is 2.07. The zero-order valence-electron chi connectivity index (χ0n) is 10.2. The molecule has 0 aliphatic heterocycles. The third kappa shape index (κ3) is 2.10. The van der Waals surface area contributed by atoms with Crippen molar-refractivity contribution < 1.29 is 8.78 Å². The van der Waals surface area contributed by atoms with E-state index in [0.29, 0.717) is 22.3 Å². The maximum Gasteiger partial charge on any atom is 0.207 e. The van der Waals surface area contributed by atoms with Gasteiger partial charge in [0.25, 0.3) is 0 Å². The Kier molecular flexibility index (Phi) is 2.88. The lowest BCUT2D eigenvalue weighted by atomic mass is 10.1. The molecule has 0 aliphatic rings. The zero-order valence-corrected chi connectivity index (χ0v) is 10.2. The van der Waals surface area contributed by atoms with E-state index in [1.807, 2.05) is 6.19 Å². The highest BCUT2D eigenvalue weighted by Gasteiger charge is 2.12. The molecule has 2 aromatic heterocycles. The fourth-order valence-electron chi connectivity index (χ4n) is 2.11. The Morgan fingerprint density at radius 1 is 1.20 bits per heavy atom. The van der Waals surface area contributed by atoms with Crippen LogP contribution in [0.25, 0.3) is 11.0 Å². The van der Waals surface area contributed by atoms with E-state index in [-0.39, 0.29) is 6.42 Å². The van der Waals surface area contributed by atoms with Crippen molar-refractivity contribution in [3.8, 4) is 6.19 Å². The molecule has 0 bridgehead atoms. The Bertz CT molecular complexity index is 813. The Hall–Kier alpha value is -2.81. The number of hydrogen-bond donors (Lipinski definition) is 0. The van der Waals surface area contributed by atoms with Gasteiger partial charge in [0.15, 0.2) is 0 Å². The number of fused-ring (bicyclic) bond motifs is 1. The van der Waals surface area contributed by atoms with Gasteiger partial charge in [-0.3, -0.25) is 4.98 Å². The van der Waals surface area contributed by atoms with Crippen molar-refractivity contribution in [2.45, 2.75) is 6.42 Å². The Labute approximate surface area is 112 Å². The zero-order chi connectivity index (χ0) is 14.1. The maximum atomic E-state index is 13.2. The lowest BCUT2D eigenvalue weighted by Crippen LogP contribution is -1.95. The minimum absolute atomic E-state index is 0.205. The van der Waals surface area contributed by atoms with Crippen molar-refractivity contribution in [3.05, 3.63) is 59.4 Å². The molecule has 0 spiro atoms. The largest absolute Gasteiger partial charge is 0.253 e. The molecule has 0 aliphatic carbocycles. The Morgan fingerprint density at radius 2 is 1.95 bits per heavy atom. The van der Waals surface area contributed by atoms with E-state index in [4.69, 9.17) is 5.26 Å². The number of halogens is 2. The minimum atomic E-state index is -0.642. The number of rotatable bonds is 2. The van der Waals surface area contributed by atoms with Crippen LogP contribution in [0.3, 0.4) is 0 Å². The van der Waals surface area contributed by atoms with Gasteiger partial charge >= 0.3 is 0 Å². The number of nitrogens with zero attached hydrogens (tertiary/aromatic N) is 4. The van der Waals surface area contributed by atoms with Gasteiger partial charge in [0.2, 0.25) is 6.19 Å². The highest BCUT2D eigenvalue weighted by Crippen LogP contribution is 2.19. The van der Waals surface area contributed by atoms with Crippen LogP contribution in [0.2, 0.25) is 0 Å². The van der Waals surface area contributed by atoms with Gasteiger partial charge in [-0.1, -0.05) is 0 Å². The van der Waals surface area contributed by atoms with Crippen LogP contribution in [0.4, 0.5) is 8.78 Å². The number of benzene rings is 1. The van der Waals surface area contributed by atoms with E-state index in [1.165, 1.54) is 12.1 Å². The van der Waals surface area contributed by atoms with Gasteiger partial charge in [-0.25, -0.2) is 8.78 Å². The van der Waals surface area contributed by atoms with E-state index >= 15 is 0 Å². The number of nitriles is 1. The quantitative estimate of drug-likeness (QED) is 0.719. The van der Waals surface area contributed by atoms with Crippen LogP contribution in [-0.4, -0.2) is 14.8 Å². The molecule has 0 fully saturated rings. The average molecular weight is 270 g/mol. The van der Waals surface area contributed by atoms with E-state index < -0.39 is 11.6 Å². The van der Waals surface area contributed by atoms with Crippen LogP contribution in [0.1, 0.15) is 11.3 Å². The van der Waals surface area contributed by atoms with Gasteiger partial charge in [0.05, 0.1) is 5.69 Å². The molecule has 20 heavy (non-hydrogen) atoms. The molecule has 0 saturated carbocycles. The van der Waals surface area contributed by atoms with Crippen LogP contribution in [0.15, 0.2) is 36.5 Å². The first kappa shape index (κ1) is 12.2. The smallest absolute Gasteiger partial charge is 0.207 e. The minimum Gasteiger partial charge on any atom is -0.253 e. The predicted octanol–water partition coefficient (Wildman–Crippen LogP) is 2.63. The second-order valence-corrected chi connectivity index (χ2v) is 4.28. The highest BCUT2D eigenvalue weighted by atomic mass is 19.1. The fourth-order valence-corrected chi connectivity index (χ4v) is 2.11.